The molecule has 0 aliphatic carbocycles. The quantitative estimate of drug-likeness (QED) is 0.812. The van der Waals surface area contributed by atoms with Crippen LogP contribution in [-0.2, 0) is 16.1 Å². The summed E-state index contributed by atoms with van der Waals surface area (Å²) in [7, 11) is 0. The number of hydrogen-bond acceptors (Lipinski definition) is 2. The van der Waals surface area contributed by atoms with E-state index in [0.717, 1.165) is 5.56 Å². The number of hydroxylamine groups is 1. The SMILES string of the molecule is CC(C)CONC(=O)CCc1ccc(Cl)cc1Cl. The van der Waals surface area contributed by atoms with Crippen LogP contribution < -0.4 is 5.48 Å². The molecule has 0 saturated heterocycles. The first-order valence-corrected chi connectivity index (χ1v) is 6.59. The number of aryl methyl sites for hydroxylation is 1. The number of carbonyl (C=O) groups is 1. The van der Waals surface area contributed by atoms with Crippen LogP contribution in [0.25, 0.3) is 0 Å². The van der Waals surface area contributed by atoms with Gasteiger partial charge in [0.05, 0.1) is 6.61 Å². The fourth-order valence-electron chi connectivity index (χ4n) is 1.31. The summed E-state index contributed by atoms with van der Waals surface area (Å²) in [5, 5.41) is 1.17. The first-order chi connectivity index (χ1) is 8.49. The van der Waals surface area contributed by atoms with Crippen LogP contribution >= 0.6 is 23.2 Å². The van der Waals surface area contributed by atoms with Crippen molar-refractivity contribution in [2.45, 2.75) is 26.7 Å². The molecule has 0 aliphatic heterocycles. The second kappa shape index (κ2) is 7.62. The first-order valence-electron chi connectivity index (χ1n) is 5.83. The molecule has 18 heavy (non-hydrogen) atoms. The van der Waals surface area contributed by atoms with Crippen molar-refractivity contribution in [3.63, 3.8) is 0 Å². The van der Waals surface area contributed by atoms with Crippen LogP contribution in [0.3, 0.4) is 0 Å². The summed E-state index contributed by atoms with van der Waals surface area (Å²) in [6, 6.07) is 5.26. The third-order valence-corrected chi connectivity index (χ3v) is 2.83. The van der Waals surface area contributed by atoms with Gasteiger partial charge in [-0.05, 0) is 30.0 Å². The molecular formula is C13H17Cl2NO2. The van der Waals surface area contributed by atoms with Gasteiger partial charge in [0.2, 0.25) is 5.91 Å². The predicted octanol–water partition coefficient (Wildman–Crippen LogP) is 3.63. The Balaban J connectivity index is 2.33. The van der Waals surface area contributed by atoms with E-state index in [2.05, 4.69) is 5.48 Å². The number of carbonyl (C=O) groups excluding carboxylic acids is 1. The Bertz CT molecular complexity index is 408. The molecule has 0 unspecified atom stereocenters. The number of benzene rings is 1. The Morgan fingerprint density at radius 1 is 1.39 bits per heavy atom. The highest BCUT2D eigenvalue weighted by atomic mass is 35.5. The zero-order chi connectivity index (χ0) is 13.5. The standard InChI is InChI=1S/C13H17Cl2NO2/c1-9(2)8-18-16-13(17)6-4-10-3-5-11(14)7-12(10)15/h3,5,7,9H,4,6,8H2,1-2H3,(H,16,17). The topological polar surface area (TPSA) is 38.3 Å². The van der Waals surface area contributed by atoms with E-state index in [-0.39, 0.29) is 5.91 Å². The number of hydrogen-bond donors (Lipinski definition) is 1. The molecule has 0 bridgehead atoms. The van der Waals surface area contributed by atoms with Gasteiger partial charge < -0.3 is 0 Å². The van der Waals surface area contributed by atoms with E-state index >= 15 is 0 Å². The van der Waals surface area contributed by atoms with E-state index < -0.39 is 0 Å². The van der Waals surface area contributed by atoms with Crippen molar-refractivity contribution in [1.82, 2.24) is 5.48 Å². The molecule has 0 aromatic heterocycles. The highest BCUT2D eigenvalue weighted by Gasteiger charge is 2.06. The number of rotatable bonds is 6. The second-order valence-electron chi connectivity index (χ2n) is 4.47. The second-order valence-corrected chi connectivity index (χ2v) is 5.31. The highest BCUT2D eigenvalue weighted by Crippen LogP contribution is 2.21. The number of nitrogens with one attached hydrogen (secondary N) is 1. The fraction of sp³-hybridized carbons (Fsp3) is 0.462. The van der Waals surface area contributed by atoms with E-state index in [9.17, 15) is 4.79 Å². The maximum Gasteiger partial charge on any atom is 0.243 e. The van der Waals surface area contributed by atoms with Crippen molar-refractivity contribution in [2.24, 2.45) is 5.92 Å². The Morgan fingerprint density at radius 3 is 2.72 bits per heavy atom. The van der Waals surface area contributed by atoms with Crippen LogP contribution in [0.5, 0.6) is 0 Å². The lowest BCUT2D eigenvalue weighted by Gasteiger charge is -2.08. The summed E-state index contributed by atoms with van der Waals surface area (Å²) in [6.45, 7) is 4.53. The van der Waals surface area contributed by atoms with E-state index in [1.807, 2.05) is 19.9 Å². The molecule has 0 atom stereocenters. The molecule has 1 aromatic rings. The van der Waals surface area contributed by atoms with Crippen LogP contribution in [0.4, 0.5) is 0 Å². The van der Waals surface area contributed by atoms with Gasteiger partial charge in [0.25, 0.3) is 0 Å². The molecule has 1 amide bonds. The highest BCUT2D eigenvalue weighted by molar-refractivity contribution is 6.35. The van der Waals surface area contributed by atoms with Crippen molar-refractivity contribution in [3.8, 4) is 0 Å². The van der Waals surface area contributed by atoms with E-state index in [0.29, 0.717) is 35.4 Å². The van der Waals surface area contributed by atoms with Crippen LogP contribution in [0.1, 0.15) is 25.8 Å². The monoisotopic (exact) mass is 289 g/mol. The molecule has 100 valence electrons. The minimum absolute atomic E-state index is 0.151. The molecular weight excluding hydrogens is 273 g/mol. The summed E-state index contributed by atoms with van der Waals surface area (Å²) in [6.07, 6.45) is 0.895. The van der Waals surface area contributed by atoms with E-state index in [1.165, 1.54) is 0 Å². The molecule has 0 heterocycles. The minimum atomic E-state index is -0.151. The third kappa shape index (κ3) is 5.71. The van der Waals surface area contributed by atoms with Gasteiger partial charge in [-0.25, -0.2) is 5.48 Å². The number of halogens is 2. The molecule has 3 nitrogen and oxygen atoms in total. The average Bonchev–Trinajstić information content (AvgIpc) is 2.27. The summed E-state index contributed by atoms with van der Waals surface area (Å²) in [5.41, 5.74) is 3.31. The first kappa shape index (κ1) is 15.3. The van der Waals surface area contributed by atoms with Gasteiger partial charge in [0.15, 0.2) is 0 Å². The largest absolute Gasteiger partial charge is 0.273 e. The van der Waals surface area contributed by atoms with Crippen molar-refractivity contribution >= 4 is 29.1 Å². The molecule has 1 N–H and O–H groups in total. The molecule has 0 radical (unpaired) electrons. The summed E-state index contributed by atoms with van der Waals surface area (Å²) < 4.78 is 0. The Labute approximate surface area is 117 Å². The van der Waals surface area contributed by atoms with Gasteiger partial charge in [-0.3, -0.25) is 9.63 Å². The van der Waals surface area contributed by atoms with Crippen molar-refractivity contribution in [3.05, 3.63) is 33.8 Å². The van der Waals surface area contributed by atoms with Crippen LogP contribution in [0.15, 0.2) is 18.2 Å². The van der Waals surface area contributed by atoms with E-state index in [1.54, 1.807) is 12.1 Å². The predicted molar refractivity (Wildman–Crippen MR) is 73.7 cm³/mol. The summed E-state index contributed by atoms with van der Waals surface area (Å²) in [5.74, 6) is 0.234. The van der Waals surface area contributed by atoms with Gasteiger partial charge >= 0.3 is 0 Å². The minimum Gasteiger partial charge on any atom is -0.273 e. The lowest BCUT2D eigenvalue weighted by molar-refractivity contribution is -0.134. The zero-order valence-corrected chi connectivity index (χ0v) is 12.0. The van der Waals surface area contributed by atoms with Gasteiger partial charge in [0, 0.05) is 16.5 Å². The summed E-state index contributed by atoms with van der Waals surface area (Å²) in [4.78, 5) is 16.5. The van der Waals surface area contributed by atoms with Crippen molar-refractivity contribution < 1.29 is 9.63 Å². The normalized spacial score (nSPS) is 10.7. The molecule has 0 saturated carbocycles. The van der Waals surface area contributed by atoms with Gasteiger partial charge in [-0.1, -0.05) is 43.1 Å². The van der Waals surface area contributed by atoms with Crippen LogP contribution in [-0.4, -0.2) is 12.5 Å². The lowest BCUT2D eigenvalue weighted by Crippen LogP contribution is -2.25. The molecule has 0 aliphatic rings. The number of amides is 1. The Kier molecular flexibility index (Phi) is 6.47. The smallest absolute Gasteiger partial charge is 0.243 e. The van der Waals surface area contributed by atoms with Crippen LogP contribution in [0.2, 0.25) is 10.0 Å². The lowest BCUT2D eigenvalue weighted by atomic mass is 10.1. The molecule has 5 heteroatoms. The van der Waals surface area contributed by atoms with Gasteiger partial charge in [-0.2, -0.15) is 0 Å². The average molecular weight is 290 g/mol. The maximum atomic E-state index is 11.5. The van der Waals surface area contributed by atoms with Gasteiger partial charge in [0.1, 0.15) is 0 Å². The summed E-state index contributed by atoms with van der Waals surface area (Å²) >= 11 is 11.8. The van der Waals surface area contributed by atoms with Crippen molar-refractivity contribution in [1.29, 1.82) is 0 Å². The fourth-order valence-corrected chi connectivity index (χ4v) is 1.82. The van der Waals surface area contributed by atoms with Gasteiger partial charge in [-0.15, -0.1) is 0 Å². The Morgan fingerprint density at radius 2 is 2.11 bits per heavy atom. The molecule has 1 rings (SSSR count). The Hall–Kier alpha value is -0.770. The molecule has 0 fully saturated rings. The third-order valence-electron chi connectivity index (χ3n) is 2.24. The van der Waals surface area contributed by atoms with Crippen LogP contribution in [0, 0.1) is 5.92 Å². The maximum absolute atomic E-state index is 11.5. The molecule has 1 aromatic carbocycles. The van der Waals surface area contributed by atoms with Crippen molar-refractivity contribution in [2.75, 3.05) is 6.61 Å². The zero-order valence-electron chi connectivity index (χ0n) is 10.5. The molecule has 0 spiro atoms. The van der Waals surface area contributed by atoms with E-state index in [4.69, 9.17) is 28.0 Å².